The fourth-order valence-electron chi connectivity index (χ4n) is 2.10. The summed E-state index contributed by atoms with van der Waals surface area (Å²) in [4.78, 5) is 16.0. The van der Waals surface area contributed by atoms with Crippen molar-refractivity contribution in [2.75, 3.05) is 38.6 Å². The molecule has 0 saturated carbocycles. The van der Waals surface area contributed by atoms with Crippen LogP contribution in [0, 0.1) is 5.82 Å². The molecule has 1 fully saturated rings. The highest BCUT2D eigenvalue weighted by Crippen LogP contribution is 2.12. The summed E-state index contributed by atoms with van der Waals surface area (Å²) in [5.74, 6) is -0.0781. The van der Waals surface area contributed by atoms with Crippen molar-refractivity contribution in [1.29, 1.82) is 0 Å². The molecule has 0 spiro atoms. The van der Waals surface area contributed by atoms with Crippen molar-refractivity contribution in [3.63, 3.8) is 0 Å². The van der Waals surface area contributed by atoms with Gasteiger partial charge in [0.1, 0.15) is 5.82 Å². The molecule has 0 unspecified atom stereocenters. The lowest BCUT2D eigenvalue weighted by Gasteiger charge is -2.34. The number of rotatable bonds is 3. The molecule has 106 valence electrons. The second-order valence-electron chi connectivity index (χ2n) is 4.30. The Morgan fingerprint density at radius 3 is 2.42 bits per heavy atom. The van der Waals surface area contributed by atoms with E-state index in [0.29, 0.717) is 19.0 Å². The smallest absolute Gasteiger partial charge is 0.256 e. The van der Waals surface area contributed by atoms with Crippen molar-refractivity contribution in [3.8, 4) is 0 Å². The Balaban J connectivity index is 0.00000180. The van der Waals surface area contributed by atoms with E-state index in [1.165, 1.54) is 12.1 Å². The molecule has 0 atom stereocenters. The van der Waals surface area contributed by atoms with Crippen LogP contribution in [0.3, 0.4) is 0 Å². The molecule has 0 aliphatic carbocycles. The van der Waals surface area contributed by atoms with Gasteiger partial charge in [-0.05, 0) is 12.1 Å². The Hall–Kier alpha value is -0.840. The van der Waals surface area contributed by atoms with Gasteiger partial charge in [-0.3, -0.25) is 9.69 Å². The number of piperazine rings is 1. The Labute approximate surface area is 123 Å². The number of hydrogen-bond donors (Lipinski definition) is 0. The van der Waals surface area contributed by atoms with E-state index in [1.807, 2.05) is 0 Å². The van der Waals surface area contributed by atoms with Crippen LogP contribution in [0.2, 0.25) is 0 Å². The number of nitrogens with zero attached hydrogens (tertiary/aromatic N) is 2. The van der Waals surface area contributed by atoms with Crippen LogP contribution >= 0.6 is 24.0 Å². The van der Waals surface area contributed by atoms with Gasteiger partial charge in [-0.25, -0.2) is 4.39 Å². The zero-order valence-electron chi connectivity index (χ0n) is 10.5. The number of benzene rings is 1. The largest absolute Gasteiger partial charge is 0.336 e. The predicted octanol–water partition coefficient (Wildman–Crippen LogP) is 2.24. The Kier molecular flexibility index (Phi) is 6.55. The first-order chi connectivity index (χ1) is 8.72. The summed E-state index contributed by atoms with van der Waals surface area (Å²) < 4.78 is 13.5. The van der Waals surface area contributed by atoms with Crippen molar-refractivity contribution in [3.05, 3.63) is 35.6 Å². The summed E-state index contributed by atoms with van der Waals surface area (Å²) in [7, 11) is 0. The third-order valence-corrected chi connectivity index (χ3v) is 3.33. The minimum absolute atomic E-state index is 0. The van der Waals surface area contributed by atoms with E-state index >= 15 is 0 Å². The van der Waals surface area contributed by atoms with Gasteiger partial charge in [0.15, 0.2) is 0 Å². The molecule has 1 aliphatic rings. The van der Waals surface area contributed by atoms with Crippen molar-refractivity contribution < 1.29 is 9.18 Å². The summed E-state index contributed by atoms with van der Waals surface area (Å²) in [6.07, 6.45) is 0. The lowest BCUT2D eigenvalue weighted by atomic mass is 10.1. The third kappa shape index (κ3) is 4.06. The number of amides is 1. The van der Waals surface area contributed by atoms with Gasteiger partial charge in [0.2, 0.25) is 0 Å². The van der Waals surface area contributed by atoms with E-state index in [0.717, 1.165) is 19.6 Å². The topological polar surface area (TPSA) is 23.6 Å². The highest BCUT2D eigenvalue weighted by atomic mass is 35.5. The quantitative estimate of drug-likeness (QED) is 0.800. The number of hydrogen-bond acceptors (Lipinski definition) is 2. The van der Waals surface area contributed by atoms with Crippen LogP contribution in [0.4, 0.5) is 4.39 Å². The van der Waals surface area contributed by atoms with Gasteiger partial charge in [-0.2, -0.15) is 0 Å². The van der Waals surface area contributed by atoms with E-state index in [-0.39, 0.29) is 23.9 Å². The van der Waals surface area contributed by atoms with Crippen LogP contribution < -0.4 is 0 Å². The zero-order chi connectivity index (χ0) is 13.0. The molecule has 1 heterocycles. The number of halogens is 3. The second-order valence-corrected chi connectivity index (χ2v) is 4.68. The third-order valence-electron chi connectivity index (χ3n) is 3.16. The van der Waals surface area contributed by atoms with Gasteiger partial charge in [0.25, 0.3) is 5.91 Å². The molecule has 1 amide bonds. The van der Waals surface area contributed by atoms with Gasteiger partial charge in [0.05, 0.1) is 5.56 Å². The van der Waals surface area contributed by atoms with Crippen LogP contribution in [0.15, 0.2) is 24.3 Å². The van der Waals surface area contributed by atoms with Crippen LogP contribution in [-0.4, -0.2) is 54.3 Å². The number of carbonyl (C=O) groups is 1. The van der Waals surface area contributed by atoms with Gasteiger partial charge >= 0.3 is 0 Å². The maximum atomic E-state index is 13.5. The van der Waals surface area contributed by atoms with E-state index in [2.05, 4.69) is 4.90 Å². The number of carbonyl (C=O) groups excluding carboxylic acids is 1. The molecule has 0 bridgehead atoms. The van der Waals surface area contributed by atoms with Crippen molar-refractivity contribution in [1.82, 2.24) is 9.80 Å². The molecule has 19 heavy (non-hydrogen) atoms. The zero-order valence-corrected chi connectivity index (χ0v) is 12.1. The molecule has 3 nitrogen and oxygen atoms in total. The molecule has 0 aromatic heterocycles. The van der Waals surface area contributed by atoms with Gasteiger partial charge < -0.3 is 4.90 Å². The first kappa shape index (κ1) is 16.2. The maximum Gasteiger partial charge on any atom is 0.256 e. The second kappa shape index (κ2) is 7.68. The summed E-state index contributed by atoms with van der Waals surface area (Å²) in [5.41, 5.74) is 0.156. The molecule has 1 aliphatic heterocycles. The van der Waals surface area contributed by atoms with Gasteiger partial charge in [-0.15, -0.1) is 24.0 Å². The van der Waals surface area contributed by atoms with Crippen molar-refractivity contribution in [2.24, 2.45) is 0 Å². The first-order valence-electron chi connectivity index (χ1n) is 6.04. The summed E-state index contributed by atoms with van der Waals surface area (Å²) in [6.45, 7) is 3.69. The average molecular weight is 307 g/mol. The van der Waals surface area contributed by atoms with Crippen LogP contribution in [0.5, 0.6) is 0 Å². The molecule has 0 radical (unpaired) electrons. The standard InChI is InChI=1S/C13H16ClFN2O.ClH/c14-5-6-16-7-9-17(10-8-16)13(18)11-3-1-2-4-12(11)15;/h1-4H,5-10H2;1H. The average Bonchev–Trinajstić information content (AvgIpc) is 2.40. The Morgan fingerprint density at radius 2 is 1.84 bits per heavy atom. The molecule has 1 aromatic carbocycles. The summed E-state index contributed by atoms with van der Waals surface area (Å²) >= 11 is 5.68. The lowest BCUT2D eigenvalue weighted by Crippen LogP contribution is -2.49. The molecule has 2 rings (SSSR count). The first-order valence-corrected chi connectivity index (χ1v) is 6.58. The number of alkyl halides is 1. The maximum absolute atomic E-state index is 13.5. The van der Waals surface area contributed by atoms with Crippen LogP contribution in [0.25, 0.3) is 0 Å². The molecular formula is C13H17Cl2FN2O. The molecular weight excluding hydrogens is 290 g/mol. The van der Waals surface area contributed by atoms with Crippen molar-refractivity contribution in [2.45, 2.75) is 0 Å². The summed E-state index contributed by atoms with van der Waals surface area (Å²) in [5, 5.41) is 0. The summed E-state index contributed by atoms with van der Waals surface area (Å²) in [6, 6.07) is 6.12. The minimum Gasteiger partial charge on any atom is -0.336 e. The molecule has 1 saturated heterocycles. The fraction of sp³-hybridized carbons (Fsp3) is 0.462. The SMILES string of the molecule is Cl.O=C(c1ccccc1F)N1CCN(CCCl)CC1. The lowest BCUT2D eigenvalue weighted by molar-refractivity contribution is 0.0640. The fourth-order valence-corrected chi connectivity index (χ4v) is 2.34. The van der Waals surface area contributed by atoms with E-state index < -0.39 is 5.82 Å². The van der Waals surface area contributed by atoms with E-state index in [9.17, 15) is 9.18 Å². The van der Waals surface area contributed by atoms with Gasteiger partial charge in [-0.1, -0.05) is 12.1 Å². The van der Waals surface area contributed by atoms with E-state index in [4.69, 9.17) is 11.6 Å². The minimum atomic E-state index is -0.453. The van der Waals surface area contributed by atoms with Crippen molar-refractivity contribution >= 4 is 29.9 Å². The highest BCUT2D eigenvalue weighted by Gasteiger charge is 2.23. The van der Waals surface area contributed by atoms with E-state index in [1.54, 1.807) is 17.0 Å². The van der Waals surface area contributed by atoms with Gasteiger partial charge in [0, 0.05) is 38.6 Å². The predicted molar refractivity (Wildman–Crippen MR) is 76.7 cm³/mol. The molecule has 6 heteroatoms. The van der Waals surface area contributed by atoms with Crippen LogP contribution in [-0.2, 0) is 0 Å². The molecule has 0 N–H and O–H groups in total. The molecule has 1 aromatic rings. The monoisotopic (exact) mass is 306 g/mol. The Morgan fingerprint density at radius 1 is 1.21 bits per heavy atom. The Bertz CT molecular complexity index is 423. The normalized spacial score (nSPS) is 16.0. The highest BCUT2D eigenvalue weighted by molar-refractivity contribution is 6.18. The van der Waals surface area contributed by atoms with Crippen LogP contribution in [0.1, 0.15) is 10.4 Å².